The van der Waals surface area contributed by atoms with Crippen molar-refractivity contribution < 1.29 is 13.2 Å². The first-order chi connectivity index (χ1) is 6.63. The van der Waals surface area contributed by atoms with E-state index < -0.39 is 14.6 Å². The summed E-state index contributed by atoms with van der Waals surface area (Å²) in [6.45, 7) is 7.69. The van der Waals surface area contributed by atoms with Crippen LogP contribution in [0.15, 0.2) is 0 Å². The van der Waals surface area contributed by atoms with Crippen molar-refractivity contribution in [3.8, 4) is 0 Å². The van der Waals surface area contributed by atoms with Crippen LogP contribution in [0.1, 0.15) is 27.7 Å². The summed E-state index contributed by atoms with van der Waals surface area (Å²) in [6, 6.07) is -0.199. The summed E-state index contributed by atoms with van der Waals surface area (Å²) < 4.78 is 27.8. The molecule has 0 aliphatic rings. The van der Waals surface area contributed by atoms with Crippen molar-refractivity contribution in [1.82, 2.24) is 5.32 Å². The SMILES string of the molecule is CNC(COC(C)C)C(C)(C)S(C)(=O)=O. The number of hydrogen-bond donors (Lipinski definition) is 1. The van der Waals surface area contributed by atoms with Crippen molar-refractivity contribution in [2.75, 3.05) is 19.9 Å². The van der Waals surface area contributed by atoms with E-state index in [1.165, 1.54) is 6.26 Å². The number of sulfone groups is 1. The lowest BCUT2D eigenvalue weighted by Crippen LogP contribution is -2.53. The van der Waals surface area contributed by atoms with E-state index in [1.54, 1.807) is 20.9 Å². The minimum Gasteiger partial charge on any atom is -0.377 e. The first-order valence-electron chi connectivity index (χ1n) is 5.11. The van der Waals surface area contributed by atoms with Gasteiger partial charge in [0.15, 0.2) is 9.84 Å². The number of nitrogens with one attached hydrogen (secondary N) is 1. The Labute approximate surface area is 93.3 Å². The van der Waals surface area contributed by atoms with Gasteiger partial charge in [0.25, 0.3) is 0 Å². The lowest BCUT2D eigenvalue weighted by molar-refractivity contribution is 0.0563. The molecule has 0 aromatic rings. The normalized spacial score (nSPS) is 15.7. The van der Waals surface area contributed by atoms with E-state index in [9.17, 15) is 8.42 Å². The molecule has 0 radical (unpaired) electrons. The molecule has 4 nitrogen and oxygen atoms in total. The van der Waals surface area contributed by atoms with E-state index in [0.29, 0.717) is 6.61 Å². The van der Waals surface area contributed by atoms with E-state index >= 15 is 0 Å². The van der Waals surface area contributed by atoms with Crippen LogP contribution < -0.4 is 5.32 Å². The van der Waals surface area contributed by atoms with Crippen LogP contribution in [0.4, 0.5) is 0 Å². The van der Waals surface area contributed by atoms with Gasteiger partial charge < -0.3 is 10.1 Å². The Morgan fingerprint density at radius 2 is 1.80 bits per heavy atom. The zero-order valence-corrected chi connectivity index (χ0v) is 11.3. The highest BCUT2D eigenvalue weighted by Gasteiger charge is 2.38. The van der Waals surface area contributed by atoms with Gasteiger partial charge in [0.1, 0.15) is 0 Å². The van der Waals surface area contributed by atoms with Gasteiger partial charge in [-0.3, -0.25) is 0 Å². The number of rotatable bonds is 6. The first-order valence-corrected chi connectivity index (χ1v) is 7.00. The highest BCUT2D eigenvalue weighted by atomic mass is 32.2. The van der Waals surface area contributed by atoms with E-state index in [0.717, 1.165) is 0 Å². The van der Waals surface area contributed by atoms with Gasteiger partial charge in [-0.25, -0.2) is 8.42 Å². The molecule has 0 aliphatic carbocycles. The summed E-state index contributed by atoms with van der Waals surface area (Å²) in [7, 11) is -1.35. The Kier molecular flexibility index (Phi) is 5.23. The molecule has 0 heterocycles. The third-order valence-electron chi connectivity index (χ3n) is 2.74. The van der Waals surface area contributed by atoms with Gasteiger partial charge in [0.05, 0.1) is 17.5 Å². The third kappa shape index (κ3) is 4.09. The van der Waals surface area contributed by atoms with Gasteiger partial charge in [-0.05, 0) is 34.7 Å². The second-order valence-electron chi connectivity index (χ2n) is 4.60. The average Bonchev–Trinajstić information content (AvgIpc) is 2.02. The number of ether oxygens (including phenoxy) is 1. The summed E-state index contributed by atoms with van der Waals surface area (Å²) in [4.78, 5) is 0. The molecule has 1 unspecified atom stereocenters. The molecule has 0 aromatic carbocycles. The second kappa shape index (κ2) is 5.27. The predicted octanol–water partition coefficient (Wildman–Crippen LogP) is 0.823. The largest absolute Gasteiger partial charge is 0.377 e. The van der Waals surface area contributed by atoms with Crippen molar-refractivity contribution >= 4 is 9.84 Å². The first kappa shape index (κ1) is 14.9. The molecule has 92 valence electrons. The minimum absolute atomic E-state index is 0.108. The molecule has 0 spiro atoms. The lowest BCUT2D eigenvalue weighted by Gasteiger charge is -2.32. The van der Waals surface area contributed by atoms with Crippen LogP contribution in [0.2, 0.25) is 0 Å². The average molecular weight is 237 g/mol. The van der Waals surface area contributed by atoms with Crippen LogP contribution in [-0.2, 0) is 14.6 Å². The van der Waals surface area contributed by atoms with Crippen LogP contribution in [0.25, 0.3) is 0 Å². The smallest absolute Gasteiger partial charge is 0.154 e. The highest BCUT2D eigenvalue weighted by molar-refractivity contribution is 7.92. The van der Waals surface area contributed by atoms with Gasteiger partial charge in [-0.15, -0.1) is 0 Å². The molecule has 0 amide bonds. The highest BCUT2D eigenvalue weighted by Crippen LogP contribution is 2.20. The molecule has 0 saturated carbocycles. The molecule has 15 heavy (non-hydrogen) atoms. The quantitative estimate of drug-likeness (QED) is 0.743. The number of likely N-dealkylation sites (N-methyl/N-ethyl adjacent to an activating group) is 1. The zero-order chi connectivity index (χ0) is 12.3. The van der Waals surface area contributed by atoms with Crippen molar-refractivity contribution in [3.63, 3.8) is 0 Å². The molecule has 5 heteroatoms. The van der Waals surface area contributed by atoms with E-state index in [2.05, 4.69) is 5.32 Å². The van der Waals surface area contributed by atoms with Crippen LogP contribution >= 0.6 is 0 Å². The molecular weight excluding hydrogens is 214 g/mol. The fraction of sp³-hybridized carbons (Fsp3) is 1.00. The molecule has 0 aromatic heterocycles. The second-order valence-corrected chi connectivity index (χ2v) is 7.20. The summed E-state index contributed by atoms with van der Waals surface area (Å²) in [6.07, 6.45) is 1.36. The Balaban J connectivity index is 4.67. The molecule has 1 atom stereocenters. The lowest BCUT2D eigenvalue weighted by atomic mass is 10.0. The molecule has 0 aliphatic heterocycles. The van der Waals surface area contributed by atoms with Crippen LogP contribution in [0.5, 0.6) is 0 Å². The number of hydrogen-bond acceptors (Lipinski definition) is 4. The summed E-state index contributed by atoms with van der Waals surface area (Å²) in [5.74, 6) is 0. The Hall–Kier alpha value is -0.130. The van der Waals surface area contributed by atoms with Gasteiger partial charge in [0, 0.05) is 12.3 Å². The van der Waals surface area contributed by atoms with Gasteiger partial charge in [-0.2, -0.15) is 0 Å². The Bertz CT molecular complexity index is 283. The van der Waals surface area contributed by atoms with E-state index in [4.69, 9.17) is 4.74 Å². The minimum atomic E-state index is -3.10. The fourth-order valence-corrected chi connectivity index (χ4v) is 1.88. The maximum absolute atomic E-state index is 11.6. The van der Waals surface area contributed by atoms with Crippen molar-refractivity contribution in [2.24, 2.45) is 0 Å². The molecule has 1 N–H and O–H groups in total. The molecular formula is C10H23NO3S. The van der Waals surface area contributed by atoms with Crippen molar-refractivity contribution in [1.29, 1.82) is 0 Å². The summed E-state index contributed by atoms with van der Waals surface area (Å²) in [5.41, 5.74) is 0. The van der Waals surface area contributed by atoms with E-state index in [1.807, 2.05) is 13.8 Å². The molecule has 0 fully saturated rings. The van der Waals surface area contributed by atoms with E-state index in [-0.39, 0.29) is 12.1 Å². The Morgan fingerprint density at radius 3 is 2.07 bits per heavy atom. The summed E-state index contributed by atoms with van der Waals surface area (Å²) in [5, 5.41) is 3.00. The van der Waals surface area contributed by atoms with Crippen molar-refractivity contribution in [3.05, 3.63) is 0 Å². The Morgan fingerprint density at radius 1 is 1.33 bits per heavy atom. The maximum atomic E-state index is 11.6. The predicted molar refractivity (Wildman–Crippen MR) is 62.9 cm³/mol. The van der Waals surface area contributed by atoms with Crippen LogP contribution in [0.3, 0.4) is 0 Å². The fourth-order valence-electron chi connectivity index (χ4n) is 1.18. The summed E-state index contributed by atoms with van der Waals surface area (Å²) >= 11 is 0. The van der Waals surface area contributed by atoms with Crippen molar-refractivity contribution in [2.45, 2.75) is 44.6 Å². The third-order valence-corrected chi connectivity index (χ3v) is 4.94. The molecule has 0 rings (SSSR count). The topological polar surface area (TPSA) is 55.4 Å². The molecule has 0 bridgehead atoms. The van der Waals surface area contributed by atoms with Gasteiger partial charge in [0.2, 0.25) is 0 Å². The van der Waals surface area contributed by atoms with Gasteiger partial charge >= 0.3 is 0 Å². The molecule has 0 saturated heterocycles. The zero-order valence-electron chi connectivity index (χ0n) is 10.5. The standard InChI is InChI=1S/C10H23NO3S/c1-8(2)14-7-9(11-5)10(3,4)15(6,12)13/h8-9,11H,7H2,1-6H3. The van der Waals surface area contributed by atoms with Crippen LogP contribution in [-0.4, -0.2) is 45.2 Å². The van der Waals surface area contributed by atoms with Gasteiger partial charge in [-0.1, -0.05) is 0 Å². The van der Waals surface area contributed by atoms with Crippen LogP contribution in [0, 0.1) is 0 Å². The maximum Gasteiger partial charge on any atom is 0.154 e. The monoisotopic (exact) mass is 237 g/mol.